The molecule has 1 heterocycles. The van der Waals surface area contributed by atoms with Gasteiger partial charge in [0.15, 0.2) is 0 Å². The van der Waals surface area contributed by atoms with Crippen LogP contribution in [0, 0.1) is 46.3 Å². The molecule has 1 saturated heterocycles. The number of ether oxygens (including phenoxy) is 1. The number of fused-ring (bicyclic) bond motifs is 5. The summed E-state index contributed by atoms with van der Waals surface area (Å²) in [6.45, 7) is 11.4. The zero-order valence-electron chi connectivity index (χ0n) is 19.3. The van der Waals surface area contributed by atoms with E-state index in [-0.39, 0.29) is 5.60 Å². The van der Waals surface area contributed by atoms with Crippen molar-refractivity contribution in [3.63, 3.8) is 0 Å². The SMILES string of the molecule is C[C@H](CCCC1(C)CO1)[C@H]1CC[C@H]2[C@@H]3CCC4CCCC[C@]4(C)[C@H]3CC[C@]12C. The van der Waals surface area contributed by atoms with Crippen molar-refractivity contribution < 1.29 is 4.74 Å². The molecular formula is C27H46O. The van der Waals surface area contributed by atoms with Crippen LogP contribution in [-0.2, 0) is 4.74 Å². The molecule has 1 aliphatic heterocycles. The zero-order valence-corrected chi connectivity index (χ0v) is 19.3. The van der Waals surface area contributed by atoms with E-state index in [0.717, 1.165) is 42.1 Å². The summed E-state index contributed by atoms with van der Waals surface area (Å²) in [5, 5.41) is 0. The van der Waals surface area contributed by atoms with E-state index in [9.17, 15) is 0 Å². The molecule has 0 aromatic heterocycles. The van der Waals surface area contributed by atoms with Gasteiger partial charge in [0.05, 0.1) is 12.2 Å². The van der Waals surface area contributed by atoms with Gasteiger partial charge >= 0.3 is 0 Å². The highest BCUT2D eigenvalue weighted by Gasteiger charge is 2.60. The third-order valence-electron chi connectivity index (χ3n) is 11.3. The van der Waals surface area contributed by atoms with Gasteiger partial charge < -0.3 is 4.74 Å². The standard InChI is InChI=1S/C27H46O/c1-19(8-7-15-25(2)18-28-25)22-12-13-23-21-11-10-20-9-5-6-16-26(20,3)24(21)14-17-27(22,23)4/h19-24H,5-18H2,1-4H3/t19-,20?,21+,22-,23+,24+,25?,26+,27-/m1/s1. The molecule has 160 valence electrons. The Labute approximate surface area is 174 Å². The molecular weight excluding hydrogens is 340 g/mol. The molecule has 5 fully saturated rings. The summed E-state index contributed by atoms with van der Waals surface area (Å²) >= 11 is 0. The van der Waals surface area contributed by atoms with E-state index in [4.69, 9.17) is 4.74 Å². The van der Waals surface area contributed by atoms with E-state index < -0.39 is 0 Å². The minimum absolute atomic E-state index is 0.258. The van der Waals surface area contributed by atoms with Crippen LogP contribution in [0.25, 0.3) is 0 Å². The van der Waals surface area contributed by atoms with E-state index in [1.54, 1.807) is 38.5 Å². The highest BCUT2D eigenvalue weighted by molar-refractivity contribution is 5.09. The van der Waals surface area contributed by atoms with Crippen LogP contribution in [0.2, 0.25) is 0 Å². The molecule has 0 spiro atoms. The van der Waals surface area contributed by atoms with Gasteiger partial charge in [-0.15, -0.1) is 0 Å². The molecule has 9 atom stereocenters. The molecule has 2 unspecified atom stereocenters. The molecule has 5 aliphatic rings. The quantitative estimate of drug-likeness (QED) is 0.442. The summed E-state index contributed by atoms with van der Waals surface area (Å²) in [7, 11) is 0. The van der Waals surface area contributed by atoms with Crippen LogP contribution in [-0.4, -0.2) is 12.2 Å². The second-order valence-electron chi connectivity index (χ2n) is 12.7. The number of epoxide rings is 1. The smallest absolute Gasteiger partial charge is 0.0888 e. The average Bonchev–Trinajstić information content (AvgIpc) is 3.28. The van der Waals surface area contributed by atoms with Crippen LogP contribution in [0.3, 0.4) is 0 Å². The van der Waals surface area contributed by atoms with Gasteiger partial charge in [-0.3, -0.25) is 0 Å². The second kappa shape index (κ2) is 7.00. The minimum atomic E-state index is 0.258. The van der Waals surface area contributed by atoms with Crippen molar-refractivity contribution in [3.05, 3.63) is 0 Å². The van der Waals surface area contributed by atoms with Crippen LogP contribution in [0.1, 0.15) is 111 Å². The van der Waals surface area contributed by atoms with Gasteiger partial charge in [0.2, 0.25) is 0 Å². The molecule has 0 aromatic carbocycles. The van der Waals surface area contributed by atoms with Gasteiger partial charge in [0, 0.05) is 0 Å². The monoisotopic (exact) mass is 386 g/mol. The van der Waals surface area contributed by atoms with E-state index in [2.05, 4.69) is 27.7 Å². The summed E-state index contributed by atoms with van der Waals surface area (Å²) < 4.78 is 5.62. The van der Waals surface area contributed by atoms with Crippen molar-refractivity contribution >= 4 is 0 Å². The van der Waals surface area contributed by atoms with Crippen LogP contribution in [0.4, 0.5) is 0 Å². The molecule has 0 amide bonds. The van der Waals surface area contributed by atoms with E-state index >= 15 is 0 Å². The first-order valence-electron chi connectivity index (χ1n) is 13.0. The fourth-order valence-corrected chi connectivity index (χ4v) is 9.54. The zero-order chi connectivity index (χ0) is 19.6. The lowest BCUT2D eigenvalue weighted by Gasteiger charge is -2.61. The summed E-state index contributed by atoms with van der Waals surface area (Å²) in [6, 6.07) is 0. The van der Waals surface area contributed by atoms with Crippen molar-refractivity contribution in [1.29, 1.82) is 0 Å². The molecule has 0 N–H and O–H groups in total. The predicted molar refractivity (Wildman–Crippen MR) is 117 cm³/mol. The summed E-state index contributed by atoms with van der Waals surface area (Å²) in [4.78, 5) is 0. The number of hydrogen-bond acceptors (Lipinski definition) is 1. The van der Waals surface area contributed by atoms with Gasteiger partial charge in [0.25, 0.3) is 0 Å². The first-order chi connectivity index (χ1) is 13.4. The Hall–Kier alpha value is -0.0400. The van der Waals surface area contributed by atoms with Gasteiger partial charge in [-0.25, -0.2) is 0 Å². The largest absolute Gasteiger partial charge is 0.370 e. The molecule has 1 nitrogen and oxygen atoms in total. The molecule has 4 saturated carbocycles. The maximum Gasteiger partial charge on any atom is 0.0888 e. The Morgan fingerprint density at radius 3 is 2.43 bits per heavy atom. The molecule has 0 radical (unpaired) electrons. The van der Waals surface area contributed by atoms with E-state index in [0.29, 0.717) is 10.8 Å². The maximum absolute atomic E-state index is 5.62. The van der Waals surface area contributed by atoms with Crippen molar-refractivity contribution in [2.45, 2.75) is 117 Å². The van der Waals surface area contributed by atoms with Crippen molar-refractivity contribution in [2.75, 3.05) is 6.61 Å². The molecule has 0 bridgehead atoms. The fraction of sp³-hybridized carbons (Fsp3) is 1.00. The summed E-state index contributed by atoms with van der Waals surface area (Å²) in [6.07, 6.45) is 19.5. The third kappa shape index (κ3) is 3.12. The van der Waals surface area contributed by atoms with Crippen molar-refractivity contribution in [2.24, 2.45) is 46.3 Å². The lowest BCUT2D eigenvalue weighted by molar-refractivity contribution is -0.114. The Morgan fingerprint density at radius 1 is 0.857 bits per heavy atom. The Balaban J connectivity index is 1.27. The minimum Gasteiger partial charge on any atom is -0.370 e. The van der Waals surface area contributed by atoms with Crippen molar-refractivity contribution in [3.8, 4) is 0 Å². The first-order valence-corrected chi connectivity index (χ1v) is 13.0. The van der Waals surface area contributed by atoms with Crippen LogP contribution in [0.5, 0.6) is 0 Å². The first kappa shape index (κ1) is 19.9. The number of rotatable bonds is 5. The van der Waals surface area contributed by atoms with Crippen LogP contribution < -0.4 is 0 Å². The second-order valence-corrected chi connectivity index (χ2v) is 12.7. The summed E-state index contributed by atoms with van der Waals surface area (Å²) in [5.41, 5.74) is 1.61. The van der Waals surface area contributed by atoms with Crippen LogP contribution in [0.15, 0.2) is 0 Å². The third-order valence-corrected chi connectivity index (χ3v) is 11.3. The molecule has 0 aromatic rings. The van der Waals surface area contributed by atoms with Crippen molar-refractivity contribution in [1.82, 2.24) is 0 Å². The fourth-order valence-electron chi connectivity index (χ4n) is 9.54. The number of hydrogen-bond donors (Lipinski definition) is 0. The average molecular weight is 387 g/mol. The summed E-state index contributed by atoms with van der Waals surface area (Å²) in [5.74, 6) is 6.13. The van der Waals surface area contributed by atoms with E-state index in [1.807, 2.05) is 0 Å². The predicted octanol–water partition coefficient (Wildman–Crippen LogP) is 7.63. The molecule has 1 heteroatoms. The van der Waals surface area contributed by atoms with Crippen LogP contribution >= 0.6 is 0 Å². The van der Waals surface area contributed by atoms with Gasteiger partial charge in [-0.2, -0.15) is 0 Å². The Morgan fingerprint density at radius 2 is 1.64 bits per heavy atom. The lowest BCUT2D eigenvalue weighted by atomic mass is 9.44. The maximum atomic E-state index is 5.62. The molecule has 28 heavy (non-hydrogen) atoms. The highest BCUT2D eigenvalue weighted by Crippen LogP contribution is 2.68. The Kier molecular flexibility index (Phi) is 4.97. The van der Waals surface area contributed by atoms with Gasteiger partial charge in [-0.1, -0.05) is 46.5 Å². The lowest BCUT2D eigenvalue weighted by Crippen LogP contribution is -2.53. The molecule has 5 rings (SSSR count). The normalized spacial score (nSPS) is 53.8. The van der Waals surface area contributed by atoms with Gasteiger partial charge in [0.1, 0.15) is 0 Å². The highest BCUT2D eigenvalue weighted by atomic mass is 16.6. The van der Waals surface area contributed by atoms with Gasteiger partial charge in [-0.05, 0) is 111 Å². The topological polar surface area (TPSA) is 12.5 Å². The Bertz CT molecular complexity index is 579. The van der Waals surface area contributed by atoms with E-state index in [1.165, 1.54) is 44.9 Å². The molecule has 4 aliphatic carbocycles.